The fourth-order valence-corrected chi connectivity index (χ4v) is 0.665. The number of nitrogens with one attached hydrogen (secondary N) is 1. The van der Waals surface area contributed by atoms with Crippen LogP contribution in [0.25, 0.3) is 0 Å². The number of allylic oxidation sites excluding steroid dienone is 5. The summed E-state index contributed by atoms with van der Waals surface area (Å²) in [6, 6.07) is 0. The predicted octanol–water partition coefficient (Wildman–Crippen LogP) is 1.95. The lowest BCUT2D eigenvalue weighted by molar-refractivity contribution is 1.06. The van der Waals surface area contributed by atoms with Gasteiger partial charge in [0.05, 0.1) is 0 Å². The highest BCUT2D eigenvalue weighted by Gasteiger charge is 1.86. The van der Waals surface area contributed by atoms with Gasteiger partial charge < -0.3 is 5.32 Å². The van der Waals surface area contributed by atoms with Gasteiger partial charge in [0, 0.05) is 11.9 Å². The first-order valence-corrected chi connectivity index (χ1v) is 3.07. The number of rotatable bonds is 0. The maximum atomic E-state index is 3.10. The van der Waals surface area contributed by atoms with Gasteiger partial charge in [-0.1, -0.05) is 6.08 Å². The van der Waals surface area contributed by atoms with Crippen molar-refractivity contribution in [2.45, 2.75) is 13.8 Å². The van der Waals surface area contributed by atoms with Crippen LogP contribution in [0, 0.1) is 0 Å². The molecule has 0 saturated heterocycles. The molecule has 1 aliphatic rings. The normalized spacial score (nSPS) is 17.6. The Morgan fingerprint density at radius 2 is 2.00 bits per heavy atom. The van der Waals surface area contributed by atoms with Gasteiger partial charge in [-0.05, 0) is 31.6 Å². The van der Waals surface area contributed by atoms with Gasteiger partial charge >= 0.3 is 0 Å². The second-order valence-electron chi connectivity index (χ2n) is 2.24. The molecule has 0 aliphatic carbocycles. The van der Waals surface area contributed by atoms with E-state index in [4.69, 9.17) is 0 Å². The Balaban J connectivity index is 2.80. The monoisotopic (exact) mass is 121 g/mol. The van der Waals surface area contributed by atoms with Gasteiger partial charge in [0.25, 0.3) is 0 Å². The van der Waals surface area contributed by atoms with Crippen LogP contribution in [0.4, 0.5) is 0 Å². The molecule has 1 rings (SSSR count). The summed E-state index contributed by atoms with van der Waals surface area (Å²) in [7, 11) is 0. The number of hydrogen-bond donors (Lipinski definition) is 1. The molecule has 0 fully saturated rings. The van der Waals surface area contributed by atoms with Gasteiger partial charge in [-0.3, -0.25) is 0 Å². The van der Waals surface area contributed by atoms with Crippen molar-refractivity contribution < 1.29 is 0 Å². The lowest BCUT2D eigenvalue weighted by atomic mass is 10.3. The van der Waals surface area contributed by atoms with Gasteiger partial charge in [0.15, 0.2) is 0 Å². The molecule has 1 nitrogen and oxygen atoms in total. The average molecular weight is 121 g/mol. The van der Waals surface area contributed by atoms with Gasteiger partial charge in [0.1, 0.15) is 0 Å². The maximum Gasteiger partial charge on any atom is 0.0115 e. The molecule has 0 unspecified atom stereocenters. The van der Waals surface area contributed by atoms with Crippen molar-refractivity contribution in [3.63, 3.8) is 0 Å². The molecule has 0 radical (unpaired) electrons. The molecule has 0 amide bonds. The second kappa shape index (κ2) is 2.53. The van der Waals surface area contributed by atoms with Crippen molar-refractivity contribution in [2.24, 2.45) is 0 Å². The fraction of sp³-hybridized carbons (Fsp3) is 0.250. The molecule has 0 atom stereocenters. The summed E-state index contributed by atoms with van der Waals surface area (Å²) >= 11 is 0. The molecule has 48 valence electrons. The fourth-order valence-electron chi connectivity index (χ4n) is 0.665. The first-order valence-electron chi connectivity index (χ1n) is 3.07. The molecule has 0 bridgehead atoms. The first kappa shape index (κ1) is 6.14. The van der Waals surface area contributed by atoms with Crippen molar-refractivity contribution in [1.29, 1.82) is 0 Å². The van der Waals surface area contributed by atoms with Crippen LogP contribution in [0.15, 0.2) is 35.7 Å². The lowest BCUT2D eigenvalue weighted by Gasteiger charge is -1.93. The second-order valence-corrected chi connectivity index (χ2v) is 2.24. The quantitative estimate of drug-likeness (QED) is 0.516. The van der Waals surface area contributed by atoms with E-state index < -0.39 is 0 Å². The minimum absolute atomic E-state index is 1.18. The van der Waals surface area contributed by atoms with Crippen LogP contribution >= 0.6 is 0 Å². The molecule has 1 heteroatoms. The first-order chi connectivity index (χ1) is 4.29. The third kappa shape index (κ3) is 1.76. The third-order valence-electron chi connectivity index (χ3n) is 1.25. The van der Waals surface area contributed by atoms with Gasteiger partial charge in [-0.15, -0.1) is 0 Å². The van der Waals surface area contributed by atoms with E-state index >= 15 is 0 Å². The number of hydrogen-bond acceptors (Lipinski definition) is 1. The smallest absolute Gasteiger partial charge is 0.0115 e. The molecular formula is C8H11N. The molecule has 1 aliphatic heterocycles. The van der Waals surface area contributed by atoms with Crippen molar-refractivity contribution >= 4 is 0 Å². The Morgan fingerprint density at radius 3 is 2.78 bits per heavy atom. The van der Waals surface area contributed by atoms with E-state index in [1.54, 1.807) is 0 Å². The van der Waals surface area contributed by atoms with Gasteiger partial charge in [-0.2, -0.15) is 0 Å². The Hall–Kier alpha value is -0.980. The summed E-state index contributed by atoms with van der Waals surface area (Å²) in [5.74, 6) is 0. The topological polar surface area (TPSA) is 12.0 Å². The SMILES string of the molecule is CC1=CC=C(C)NC=C1. The molecule has 0 aromatic carbocycles. The van der Waals surface area contributed by atoms with Crippen LogP contribution in [-0.2, 0) is 0 Å². The summed E-state index contributed by atoms with van der Waals surface area (Å²) in [5, 5.41) is 3.10. The summed E-state index contributed by atoms with van der Waals surface area (Å²) in [6.07, 6.45) is 8.15. The summed E-state index contributed by atoms with van der Waals surface area (Å²) in [6.45, 7) is 4.12. The highest BCUT2D eigenvalue weighted by molar-refractivity contribution is 5.26. The van der Waals surface area contributed by atoms with Gasteiger partial charge in [-0.25, -0.2) is 0 Å². The highest BCUT2D eigenvalue weighted by Crippen LogP contribution is 2.00. The van der Waals surface area contributed by atoms with Crippen LogP contribution in [0.3, 0.4) is 0 Å². The van der Waals surface area contributed by atoms with Gasteiger partial charge in [0.2, 0.25) is 0 Å². The third-order valence-corrected chi connectivity index (χ3v) is 1.25. The summed E-state index contributed by atoms with van der Waals surface area (Å²) in [4.78, 5) is 0. The Morgan fingerprint density at radius 1 is 1.22 bits per heavy atom. The molecular weight excluding hydrogens is 110 g/mol. The molecule has 0 aromatic heterocycles. The summed E-state index contributed by atoms with van der Waals surface area (Å²) < 4.78 is 0. The van der Waals surface area contributed by atoms with E-state index in [0.717, 1.165) is 0 Å². The predicted molar refractivity (Wildman–Crippen MR) is 39.8 cm³/mol. The van der Waals surface area contributed by atoms with Crippen LogP contribution in [0.1, 0.15) is 13.8 Å². The standard InChI is InChI=1S/C8H11N/c1-7-3-4-8(2)9-6-5-7/h3-6,9H,1-2H3. The van der Waals surface area contributed by atoms with E-state index in [2.05, 4.69) is 24.4 Å². The maximum absolute atomic E-state index is 3.10. The zero-order chi connectivity index (χ0) is 6.69. The van der Waals surface area contributed by atoms with E-state index in [-0.39, 0.29) is 0 Å². The Bertz CT molecular complexity index is 185. The van der Waals surface area contributed by atoms with E-state index in [1.807, 2.05) is 19.2 Å². The van der Waals surface area contributed by atoms with Crippen LogP contribution in [0.5, 0.6) is 0 Å². The van der Waals surface area contributed by atoms with Crippen molar-refractivity contribution in [2.75, 3.05) is 0 Å². The molecule has 9 heavy (non-hydrogen) atoms. The molecule has 0 spiro atoms. The van der Waals surface area contributed by atoms with Crippen molar-refractivity contribution in [3.8, 4) is 0 Å². The van der Waals surface area contributed by atoms with Crippen LogP contribution in [-0.4, -0.2) is 0 Å². The Kier molecular flexibility index (Phi) is 1.73. The highest BCUT2D eigenvalue weighted by atomic mass is 14.8. The molecule has 1 heterocycles. The van der Waals surface area contributed by atoms with Crippen LogP contribution in [0.2, 0.25) is 0 Å². The van der Waals surface area contributed by atoms with Crippen LogP contribution < -0.4 is 5.32 Å². The Labute approximate surface area is 55.8 Å². The van der Waals surface area contributed by atoms with E-state index in [1.165, 1.54) is 11.3 Å². The lowest BCUT2D eigenvalue weighted by Crippen LogP contribution is -1.98. The molecule has 0 saturated carbocycles. The molecule has 0 aromatic rings. The summed E-state index contributed by atoms with van der Waals surface area (Å²) in [5.41, 5.74) is 2.46. The average Bonchev–Trinajstić information content (AvgIpc) is 1.97. The van der Waals surface area contributed by atoms with Crippen molar-refractivity contribution in [1.82, 2.24) is 5.32 Å². The molecule has 1 N–H and O–H groups in total. The largest absolute Gasteiger partial charge is 0.365 e. The van der Waals surface area contributed by atoms with E-state index in [0.29, 0.717) is 0 Å². The minimum Gasteiger partial charge on any atom is -0.365 e. The van der Waals surface area contributed by atoms with Crippen molar-refractivity contribution in [3.05, 3.63) is 35.7 Å². The zero-order valence-electron chi connectivity index (χ0n) is 5.81. The zero-order valence-corrected chi connectivity index (χ0v) is 5.81. The minimum atomic E-state index is 1.18. The van der Waals surface area contributed by atoms with E-state index in [9.17, 15) is 0 Å².